The first-order chi connectivity index (χ1) is 11.1. The van der Waals surface area contributed by atoms with Crippen LogP contribution in [-0.2, 0) is 10.1 Å². The second kappa shape index (κ2) is 8.66. The Bertz CT molecular complexity index is 767. The number of rotatable bonds is 3. The summed E-state index contributed by atoms with van der Waals surface area (Å²) >= 11 is 0.271. The van der Waals surface area contributed by atoms with E-state index in [2.05, 4.69) is 60.7 Å². The first-order valence-electron chi connectivity index (χ1n) is 7.01. The van der Waals surface area contributed by atoms with E-state index >= 15 is 0 Å². The van der Waals surface area contributed by atoms with Gasteiger partial charge in [-0.05, 0) is 12.1 Å². The molecule has 0 aliphatic carbocycles. The van der Waals surface area contributed by atoms with Crippen molar-refractivity contribution in [2.75, 3.05) is 0 Å². The zero-order chi connectivity index (χ0) is 16.5. The first-order valence-corrected chi connectivity index (χ1v) is 9.58. The van der Waals surface area contributed by atoms with Crippen LogP contribution in [0.2, 0.25) is 0 Å². The number of hydrogen-bond donors (Lipinski definition) is 0. The summed E-state index contributed by atoms with van der Waals surface area (Å²) in [5, 5.41) is 0. The fourth-order valence-corrected chi connectivity index (χ4v) is 3.58. The Labute approximate surface area is 143 Å². The fraction of sp³-hybridized carbons (Fsp3) is 0. The van der Waals surface area contributed by atoms with Crippen molar-refractivity contribution in [3.05, 3.63) is 91.0 Å². The molecule has 3 nitrogen and oxygen atoms in total. The van der Waals surface area contributed by atoms with Gasteiger partial charge in [0.2, 0.25) is 0 Å². The molecule has 0 heterocycles. The molecule has 3 rings (SSSR count). The van der Waals surface area contributed by atoms with E-state index in [1.54, 1.807) is 6.07 Å². The van der Waals surface area contributed by atoms with Crippen molar-refractivity contribution >= 4 is 34.2 Å². The molecule has 0 bridgehead atoms. The zero-order valence-corrected chi connectivity index (χ0v) is 14.3. The van der Waals surface area contributed by atoms with Crippen molar-refractivity contribution in [1.29, 1.82) is 0 Å². The van der Waals surface area contributed by atoms with Gasteiger partial charge in [-0.15, -0.1) is 0 Å². The molecule has 0 spiro atoms. The van der Waals surface area contributed by atoms with E-state index in [0.717, 1.165) is 0 Å². The molecular formula is C18H15AlO3S. The van der Waals surface area contributed by atoms with Crippen molar-refractivity contribution in [2.24, 2.45) is 0 Å². The average Bonchev–Trinajstić information content (AvgIpc) is 2.57. The van der Waals surface area contributed by atoms with E-state index in [1.807, 2.05) is 0 Å². The Kier molecular flexibility index (Phi) is 6.57. The predicted molar refractivity (Wildman–Crippen MR) is 92.3 cm³/mol. The van der Waals surface area contributed by atoms with Crippen LogP contribution in [0.1, 0.15) is 0 Å². The molecule has 0 saturated carbocycles. The normalized spacial score (nSPS) is 10.1. The van der Waals surface area contributed by atoms with Crippen LogP contribution in [0, 0.1) is 0 Å². The molecule has 0 atom stereocenters. The Morgan fingerprint density at radius 2 is 0.957 bits per heavy atom. The van der Waals surface area contributed by atoms with Gasteiger partial charge >= 0.3 is 84.7 Å². The summed E-state index contributed by atoms with van der Waals surface area (Å²) < 4.78 is 33.7. The standard InChI is InChI=1S/C6H6O3S.2C6H5.Al/c7-10(8,9)6-4-2-1-3-5-6;2*1-2-4-6-5-3-1;/h1-5H,(H,7,8,9);2*1-5H;/q;;;+1/p-1. The molecule has 114 valence electrons. The number of benzene rings is 3. The minimum atomic E-state index is -4.25. The third-order valence-corrected chi connectivity index (χ3v) is 5.25. The molecule has 0 radical (unpaired) electrons. The summed E-state index contributed by atoms with van der Waals surface area (Å²) in [6.45, 7) is 0. The second-order valence-electron chi connectivity index (χ2n) is 4.73. The third-order valence-electron chi connectivity index (χ3n) is 2.96. The van der Waals surface area contributed by atoms with Crippen molar-refractivity contribution < 1.29 is 13.0 Å². The summed E-state index contributed by atoms with van der Waals surface area (Å²) in [6.07, 6.45) is 0. The first kappa shape index (κ1) is 17.5. The topological polar surface area (TPSA) is 57.2 Å². The van der Waals surface area contributed by atoms with Gasteiger partial charge in [0.25, 0.3) is 0 Å². The van der Waals surface area contributed by atoms with Gasteiger partial charge in [0.1, 0.15) is 10.1 Å². The quantitative estimate of drug-likeness (QED) is 0.542. The van der Waals surface area contributed by atoms with Crippen LogP contribution in [0.4, 0.5) is 0 Å². The maximum atomic E-state index is 10.3. The van der Waals surface area contributed by atoms with Gasteiger partial charge in [0.15, 0.2) is 0 Å². The van der Waals surface area contributed by atoms with Crippen molar-refractivity contribution in [3.8, 4) is 0 Å². The van der Waals surface area contributed by atoms with Crippen LogP contribution in [0.5, 0.6) is 0 Å². The van der Waals surface area contributed by atoms with Crippen LogP contribution in [0.15, 0.2) is 95.9 Å². The van der Waals surface area contributed by atoms with Gasteiger partial charge in [-0.1, -0.05) is 18.2 Å². The Morgan fingerprint density at radius 3 is 1.26 bits per heavy atom. The minimum absolute atomic E-state index is 0.185. The molecule has 3 aromatic carbocycles. The van der Waals surface area contributed by atoms with Gasteiger partial charge in [0, 0.05) is 0 Å². The number of hydrogen-bond acceptors (Lipinski definition) is 3. The fourth-order valence-electron chi connectivity index (χ4n) is 1.88. The van der Waals surface area contributed by atoms with Crippen molar-refractivity contribution in [2.45, 2.75) is 4.90 Å². The summed E-state index contributed by atoms with van der Waals surface area (Å²) in [6, 6.07) is 28.5. The Hall–Kier alpha value is -1.90. The van der Waals surface area contributed by atoms with Gasteiger partial charge in [-0.3, -0.25) is 0 Å². The van der Waals surface area contributed by atoms with Crippen LogP contribution in [0.3, 0.4) is 0 Å². The summed E-state index contributed by atoms with van der Waals surface area (Å²) in [7, 11) is -4.25. The van der Waals surface area contributed by atoms with Gasteiger partial charge < -0.3 is 4.55 Å². The van der Waals surface area contributed by atoms with Gasteiger partial charge in [-0.2, -0.15) is 0 Å². The molecule has 0 amide bonds. The Balaban J connectivity index is 0.000000174. The van der Waals surface area contributed by atoms with E-state index in [9.17, 15) is 13.0 Å². The van der Waals surface area contributed by atoms with Crippen LogP contribution >= 0.6 is 0 Å². The molecule has 0 saturated heterocycles. The maximum absolute atomic E-state index is 10.3. The van der Waals surface area contributed by atoms with Crippen LogP contribution in [-0.4, -0.2) is 28.2 Å². The zero-order valence-electron chi connectivity index (χ0n) is 12.4. The molecule has 0 N–H and O–H groups in total. The molecule has 0 aromatic heterocycles. The summed E-state index contributed by atoms with van der Waals surface area (Å²) in [5.74, 6) is 0. The Morgan fingerprint density at radius 1 is 0.609 bits per heavy atom. The van der Waals surface area contributed by atoms with E-state index in [1.165, 1.54) is 33.1 Å². The van der Waals surface area contributed by atoms with E-state index in [-0.39, 0.29) is 20.1 Å². The molecule has 3 aromatic rings. The molecular weight excluding hydrogens is 323 g/mol. The predicted octanol–water partition coefficient (Wildman–Crippen LogP) is 1.93. The van der Waals surface area contributed by atoms with Crippen LogP contribution < -0.4 is 8.85 Å². The van der Waals surface area contributed by atoms with E-state index in [0.29, 0.717) is 0 Å². The van der Waals surface area contributed by atoms with Crippen LogP contribution in [0.25, 0.3) is 0 Å². The monoisotopic (exact) mass is 338 g/mol. The summed E-state index contributed by atoms with van der Waals surface area (Å²) in [4.78, 5) is -0.185. The summed E-state index contributed by atoms with van der Waals surface area (Å²) in [5.41, 5.74) is 0. The second-order valence-corrected chi connectivity index (χ2v) is 7.73. The third kappa shape index (κ3) is 6.39. The van der Waals surface area contributed by atoms with E-state index in [4.69, 9.17) is 0 Å². The average molecular weight is 338 g/mol. The molecule has 5 heteroatoms. The van der Waals surface area contributed by atoms with Crippen molar-refractivity contribution in [3.63, 3.8) is 0 Å². The molecule has 0 unspecified atom stereocenters. The van der Waals surface area contributed by atoms with Crippen molar-refractivity contribution in [1.82, 2.24) is 0 Å². The molecule has 0 fully saturated rings. The van der Waals surface area contributed by atoms with Gasteiger partial charge in [-0.25, -0.2) is 8.42 Å². The van der Waals surface area contributed by atoms with E-state index < -0.39 is 10.1 Å². The SMILES string of the molecule is O=S(=O)([O-])c1ccccc1.c1cc[c]([Al+][c]2ccccc2)cc1. The molecule has 23 heavy (non-hydrogen) atoms. The molecule has 0 aliphatic heterocycles. The van der Waals surface area contributed by atoms with Gasteiger partial charge in [0.05, 0.1) is 4.90 Å². The molecule has 0 aliphatic rings.